The number of carbonyl (C=O) groups is 1. The van der Waals surface area contributed by atoms with E-state index in [0.29, 0.717) is 6.54 Å². The maximum atomic E-state index is 11.9. The van der Waals surface area contributed by atoms with Crippen LogP contribution in [0, 0.1) is 0 Å². The number of hydrogen-bond donors (Lipinski definition) is 2. The first-order valence-corrected chi connectivity index (χ1v) is 7.45. The van der Waals surface area contributed by atoms with Crippen LogP contribution in [0.1, 0.15) is 50.3 Å². The Morgan fingerprint density at radius 3 is 3.10 bits per heavy atom. The van der Waals surface area contributed by atoms with Crippen LogP contribution in [0.2, 0.25) is 0 Å². The van der Waals surface area contributed by atoms with Gasteiger partial charge in [0.05, 0.1) is 0 Å². The Labute approximate surface area is 120 Å². The number of nitrogens with one attached hydrogen (secondary N) is 1. The van der Waals surface area contributed by atoms with Crippen LogP contribution in [0.3, 0.4) is 0 Å². The van der Waals surface area contributed by atoms with E-state index in [1.807, 2.05) is 18.2 Å². The minimum Gasteiger partial charge on any atom is -0.481 e. The van der Waals surface area contributed by atoms with Crippen LogP contribution in [0.5, 0.6) is 5.75 Å². The zero-order valence-corrected chi connectivity index (χ0v) is 12.3. The quantitative estimate of drug-likeness (QED) is 0.784. The van der Waals surface area contributed by atoms with Gasteiger partial charge >= 0.3 is 0 Å². The SMILES string of the molecule is CCCCNC(=O)C(C)Oc1cccc2c1CCC2N. The van der Waals surface area contributed by atoms with Crippen molar-refractivity contribution in [1.29, 1.82) is 0 Å². The van der Waals surface area contributed by atoms with Crippen LogP contribution in [0.4, 0.5) is 0 Å². The molecule has 110 valence electrons. The summed E-state index contributed by atoms with van der Waals surface area (Å²) in [4.78, 5) is 11.9. The van der Waals surface area contributed by atoms with Gasteiger partial charge in [-0.1, -0.05) is 25.5 Å². The van der Waals surface area contributed by atoms with Gasteiger partial charge in [-0.15, -0.1) is 0 Å². The number of fused-ring (bicyclic) bond motifs is 1. The molecule has 0 bridgehead atoms. The zero-order valence-electron chi connectivity index (χ0n) is 12.3. The van der Waals surface area contributed by atoms with Gasteiger partial charge in [-0.05, 0) is 43.4 Å². The van der Waals surface area contributed by atoms with Crippen LogP contribution in [0.15, 0.2) is 18.2 Å². The summed E-state index contributed by atoms with van der Waals surface area (Å²) in [5.41, 5.74) is 8.37. The van der Waals surface area contributed by atoms with Crippen molar-refractivity contribution in [3.8, 4) is 5.75 Å². The van der Waals surface area contributed by atoms with E-state index in [4.69, 9.17) is 10.5 Å². The highest BCUT2D eigenvalue weighted by Gasteiger charge is 2.24. The van der Waals surface area contributed by atoms with E-state index >= 15 is 0 Å². The second-order valence-corrected chi connectivity index (χ2v) is 5.37. The number of hydrogen-bond acceptors (Lipinski definition) is 3. The average molecular weight is 276 g/mol. The van der Waals surface area contributed by atoms with Gasteiger partial charge in [0.1, 0.15) is 5.75 Å². The van der Waals surface area contributed by atoms with Gasteiger partial charge in [0.15, 0.2) is 6.10 Å². The van der Waals surface area contributed by atoms with Crippen molar-refractivity contribution in [2.45, 2.75) is 51.7 Å². The van der Waals surface area contributed by atoms with E-state index in [-0.39, 0.29) is 11.9 Å². The Morgan fingerprint density at radius 1 is 1.55 bits per heavy atom. The number of rotatable bonds is 6. The number of carbonyl (C=O) groups excluding carboxylic acids is 1. The van der Waals surface area contributed by atoms with Crippen molar-refractivity contribution in [3.05, 3.63) is 29.3 Å². The Morgan fingerprint density at radius 2 is 2.35 bits per heavy atom. The van der Waals surface area contributed by atoms with Gasteiger partial charge in [-0.2, -0.15) is 0 Å². The van der Waals surface area contributed by atoms with Gasteiger partial charge in [-0.3, -0.25) is 4.79 Å². The van der Waals surface area contributed by atoms with Crippen LogP contribution in [0.25, 0.3) is 0 Å². The third-order valence-corrected chi connectivity index (χ3v) is 3.78. The molecule has 1 aliphatic rings. The first-order valence-electron chi connectivity index (χ1n) is 7.45. The highest BCUT2D eigenvalue weighted by atomic mass is 16.5. The molecule has 1 aromatic carbocycles. The Hall–Kier alpha value is -1.55. The van der Waals surface area contributed by atoms with Crippen molar-refractivity contribution >= 4 is 5.91 Å². The lowest BCUT2D eigenvalue weighted by Crippen LogP contribution is -2.36. The summed E-state index contributed by atoms with van der Waals surface area (Å²) in [5, 5.41) is 2.89. The molecular weight excluding hydrogens is 252 g/mol. The minimum absolute atomic E-state index is 0.0571. The van der Waals surface area contributed by atoms with Gasteiger partial charge in [0, 0.05) is 12.6 Å². The molecule has 1 amide bonds. The molecule has 2 rings (SSSR count). The molecule has 2 unspecified atom stereocenters. The third-order valence-electron chi connectivity index (χ3n) is 3.78. The van der Waals surface area contributed by atoms with E-state index in [1.165, 1.54) is 0 Å². The molecule has 1 aromatic rings. The number of amides is 1. The maximum absolute atomic E-state index is 11.9. The Bertz CT molecular complexity index is 474. The fraction of sp³-hybridized carbons (Fsp3) is 0.562. The number of unbranched alkanes of at least 4 members (excludes halogenated alkanes) is 1. The highest BCUT2D eigenvalue weighted by molar-refractivity contribution is 5.80. The Balaban J connectivity index is 1.98. The first kappa shape index (κ1) is 14.9. The van der Waals surface area contributed by atoms with E-state index in [0.717, 1.165) is 42.6 Å². The first-order chi connectivity index (χ1) is 9.63. The molecule has 0 radical (unpaired) electrons. The predicted octanol–water partition coefficient (Wildman–Crippen LogP) is 2.32. The standard InChI is InChI=1S/C16H24N2O2/c1-3-4-10-18-16(19)11(2)20-15-7-5-6-12-13(15)8-9-14(12)17/h5-7,11,14H,3-4,8-10,17H2,1-2H3,(H,18,19). The van der Waals surface area contributed by atoms with E-state index in [9.17, 15) is 4.79 Å². The van der Waals surface area contributed by atoms with Crippen LogP contribution < -0.4 is 15.8 Å². The van der Waals surface area contributed by atoms with Crippen molar-refractivity contribution in [2.75, 3.05) is 6.54 Å². The minimum atomic E-state index is -0.477. The summed E-state index contributed by atoms with van der Waals surface area (Å²) in [5.74, 6) is 0.743. The van der Waals surface area contributed by atoms with Gasteiger partial charge in [0.25, 0.3) is 5.91 Å². The Kier molecular flexibility index (Phi) is 5.01. The summed E-state index contributed by atoms with van der Waals surface area (Å²) in [6, 6.07) is 6.02. The van der Waals surface area contributed by atoms with Crippen LogP contribution >= 0.6 is 0 Å². The molecule has 0 fully saturated rings. The molecule has 0 heterocycles. The van der Waals surface area contributed by atoms with Gasteiger partial charge < -0.3 is 15.8 Å². The zero-order chi connectivity index (χ0) is 14.5. The molecule has 2 atom stereocenters. The molecule has 0 aromatic heterocycles. The average Bonchev–Trinajstić information content (AvgIpc) is 2.82. The van der Waals surface area contributed by atoms with E-state index in [1.54, 1.807) is 6.92 Å². The fourth-order valence-corrected chi connectivity index (χ4v) is 2.54. The fourth-order valence-electron chi connectivity index (χ4n) is 2.54. The third kappa shape index (κ3) is 3.31. The second-order valence-electron chi connectivity index (χ2n) is 5.37. The molecule has 0 spiro atoms. The molecule has 20 heavy (non-hydrogen) atoms. The largest absolute Gasteiger partial charge is 0.481 e. The summed E-state index contributed by atoms with van der Waals surface area (Å²) in [6.45, 7) is 4.60. The normalized spacial score (nSPS) is 18.4. The van der Waals surface area contributed by atoms with Crippen molar-refractivity contribution in [3.63, 3.8) is 0 Å². The highest BCUT2D eigenvalue weighted by Crippen LogP contribution is 2.35. The molecule has 0 saturated carbocycles. The molecule has 0 aliphatic heterocycles. The monoisotopic (exact) mass is 276 g/mol. The van der Waals surface area contributed by atoms with Crippen LogP contribution in [-0.4, -0.2) is 18.6 Å². The summed E-state index contributed by atoms with van der Waals surface area (Å²) in [7, 11) is 0. The smallest absolute Gasteiger partial charge is 0.260 e. The number of nitrogens with two attached hydrogens (primary N) is 1. The lowest BCUT2D eigenvalue weighted by Gasteiger charge is -2.17. The van der Waals surface area contributed by atoms with Crippen molar-refractivity contribution in [1.82, 2.24) is 5.32 Å². The molecule has 3 N–H and O–H groups in total. The maximum Gasteiger partial charge on any atom is 0.260 e. The summed E-state index contributed by atoms with van der Waals surface area (Å²) in [6.07, 6.45) is 3.47. The lowest BCUT2D eigenvalue weighted by atomic mass is 10.1. The summed E-state index contributed by atoms with van der Waals surface area (Å²) < 4.78 is 5.83. The van der Waals surface area contributed by atoms with Gasteiger partial charge in [-0.25, -0.2) is 0 Å². The van der Waals surface area contributed by atoms with Crippen molar-refractivity contribution in [2.24, 2.45) is 5.73 Å². The number of benzene rings is 1. The van der Waals surface area contributed by atoms with E-state index in [2.05, 4.69) is 12.2 Å². The number of ether oxygens (including phenoxy) is 1. The molecule has 0 saturated heterocycles. The molecule has 1 aliphatic carbocycles. The molecular formula is C16H24N2O2. The second kappa shape index (κ2) is 6.75. The van der Waals surface area contributed by atoms with E-state index < -0.39 is 6.10 Å². The predicted molar refractivity (Wildman–Crippen MR) is 79.7 cm³/mol. The lowest BCUT2D eigenvalue weighted by molar-refractivity contribution is -0.127. The summed E-state index contributed by atoms with van der Waals surface area (Å²) >= 11 is 0. The topological polar surface area (TPSA) is 64.3 Å². The molecule has 4 heteroatoms. The molecule has 4 nitrogen and oxygen atoms in total. The van der Waals surface area contributed by atoms with Crippen LogP contribution in [-0.2, 0) is 11.2 Å². The van der Waals surface area contributed by atoms with Crippen molar-refractivity contribution < 1.29 is 9.53 Å². The van der Waals surface area contributed by atoms with Gasteiger partial charge in [0.2, 0.25) is 0 Å².